The molecule has 0 saturated heterocycles. The van der Waals surface area contributed by atoms with Crippen LogP contribution in [0.3, 0.4) is 0 Å². The summed E-state index contributed by atoms with van der Waals surface area (Å²) in [6, 6.07) is 21.9. The normalized spacial score (nSPS) is 11.8. The molecule has 0 radical (unpaired) electrons. The van der Waals surface area contributed by atoms with Gasteiger partial charge in [-0.2, -0.15) is 5.10 Å². The van der Waals surface area contributed by atoms with E-state index >= 15 is 0 Å². The number of thioether (sulfide) groups is 1. The van der Waals surface area contributed by atoms with Crippen molar-refractivity contribution in [1.29, 1.82) is 0 Å². The summed E-state index contributed by atoms with van der Waals surface area (Å²) in [6.45, 7) is 4.11. The monoisotopic (exact) mass is 453 g/mol. The summed E-state index contributed by atoms with van der Waals surface area (Å²) in [6.07, 6.45) is 1.90. The van der Waals surface area contributed by atoms with Crippen LogP contribution < -0.4 is 5.30 Å². The molecular weight excluding hydrogens is 429 g/mol. The number of nitrogens with zero attached hydrogens (tertiary/aromatic N) is 3. The van der Waals surface area contributed by atoms with Crippen LogP contribution in [-0.4, -0.2) is 34.1 Å². The molecule has 2 aromatic heterocycles. The van der Waals surface area contributed by atoms with Gasteiger partial charge in [-0.25, -0.2) is 9.50 Å². The SMILES string of the molecule is CCOP(=O)(OCC)c1c(SC)nn2c(-c3ccccc3)cc(-c3ccccc3)nc12. The van der Waals surface area contributed by atoms with Crippen LogP contribution in [0.15, 0.2) is 71.8 Å². The molecule has 0 aliphatic rings. The van der Waals surface area contributed by atoms with Gasteiger partial charge in [-0.3, -0.25) is 4.57 Å². The molecule has 0 aliphatic heterocycles. The molecule has 0 unspecified atom stereocenters. The lowest BCUT2D eigenvalue weighted by Crippen LogP contribution is -2.14. The first-order chi connectivity index (χ1) is 15.1. The quantitative estimate of drug-likeness (QED) is 0.253. The molecule has 160 valence electrons. The highest BCUT2D eigenvalue weighted by Gasteiger charge is 2.36. The Morgan fingerprint density at radius 3 is 2.06 bits per heavy atom. The molecule has 2 aromatic carbocycles. The Kier molecular flexibility index (Phi) is 6.58. The summed E-state index contributed by atoms with van der Waals surface area (Å²) in [4.78, 5) is 4.89. The van der Waals surface area contributed by atoms with E-state index in [1.54, 1.807) is 18.4 Å². The van der Waals surface area contributed by atoms with Gasteiger partial charge < -0.3 is 9.05 Å². The van der Waals surface area contributed by atoms with Crippen molar-refractivity contribution in [1.82, 2.24) is 14.6 Å². The summed E-state index contributed by atoms with van der Waals surface area (Å²) in [5, 5.41) is 5.76. The second-order valence-electron chi connectivity index (χ2n) is 6.68. The molecule has 0 atom stereocenters. The first-order valence-corrected chi connectivity index (χ1v) is 12.9. The molecule has 4 rings (SSSR count). The fourth-order valence-electron chi connectivity index (χ4n) is 3.44. The first kappa shape index (κ1) is 21.8. The fourth-order valence-corrected chi connectivity index (χ4v) is 6.18. The maximum Gasteiger partial charge on any atom is 0.367 e. The Labute approximate surface area is 186 Å². The van der Waals surface area contributed by atoms with Crippen LogP contribution >= 0.6 is 19.4 Å². The third-order valence-electron chi connectivity index (χ3n) is 4.74. The van der Waals surface area contributed by atoms with Crippen LogP contribution in [0.2, 0.25) is 0 Å². The smallest absolute Gasteiger partial charge is 0.305 e. The maximum absolute atomic E-state index is 13.8. The van der Waals surface area contributed by atoms with Crippen LogP contribution in [0, 0.1) is 0 Å². The Hall–Kier alpha value is -2.44. The summed E-state index contributed by atoms with van der Waals surface area (Å²) < 4.78 is 26.9. The molecular formula is C23H24N3O3PS. The van der Waals surface area contributed by atoms with Gasteiger partial charge >= 0.3 is 7.60 Å². The molecule has 0 fully saturated rings. The molecule has 8 heteroatoms. The standard InChI is InChI=1S/C23H24N3O3PS/c1-4-28-30(27,29-5-2)21-22-24-19(17-12-8-6-9-13-17)16-20(18-14-10-7-11-15-18)26(22)25-23(21)31-3/h6-16H,4-5H2,1-3H3. The number of fused-ring (bicyclic) bond motifs is 1. The summed E-state index contributed by atoms with van der Waals surface area (Å²) in [7, 11) is -3.61. The largest absolute Gasteiger partial charge is 0.367 e. The molecule has 0 aliphatic carbocycles. The van der Waals surface area contributed by atoms with Crippen molar-refractivity contribution in [2.24, 2.45) is 0 Å². The van der Waals surface area contributed by atoms with Crippen molar-refractivity contribution in [3.05, 3.63) is 66.7 Å². The van der Waals surface area contributed by atoms with E-state index in [4.69, 9.17) is 19.1 Å². The van der Waals surface area contributed by atoms with E-state index in [1.807, 2.05) is 73.0 Å². The van der Waals surface area contributed by atoms with Gasteiger partial charge in [0.05, 0.1) is 24.6 Å². The van der Waals surface area contributed by atoms with Gasteiger partial charge in [-0.05, 0) is 26.2 Å². The lowest BCUT2D eigenvalue weighted by atomic mass is 10.1. The maximum atomic E-state index is 13.8. The minimum Gasteiger partial charge on any atom is -0.305 e. The van der Waals surface area contributed by atoms with Crippen LogP contribution in [0.5, 0.6) is 0 Å². The summed E-state index contributed by atoms with van der Waals surface area (Å²) in [5.74, 6) is 0. The number of aromatic nitrogens is 3. The predicted octanol–water partition coefficient (Wildman–Crippen LogP) is 5.68. The summed E-state index contributed by atoms with van der Waals surface area (Å²) in [5.41, 5.74) is 4.04. The van der Waals surface area contributed by atoms with E-state index in [0.29, 0.717) is 16.0 Å². The Morgan fingerprint density at radius 1 is 0.935 bits per heavy atom. The highest BCUT2D eigenvalue weighted by Crippen LogP contribution is 2.50. The van der Waals surface area contributed by atoms with Gasteiger partial charge in [0.2, 0.25) is 0 Å². The minimum absolute atomic E-state index is 0.256. The Morgan fingerprint density at radius 2 is 1.52 bits per heavy atom. The van der Waals surface area contributed by atoms with Gasteiger partial charge in [-0.1, -0.05) is 60.7 Å². The van der Waals surface area contributed by atoms with Crippen molar-refractivity contribution in [2.45, 2.75) is 18.9 Å². The van der Waals surface area contributed by atoms with E-state index in [2.05, 4.69) is 0 Å². The molecule has 0 spiro atoms. The van der Waals surface area contributed by atoms with Crippen LogP contribution in [0.4, 0.5) is 0 Å². The molecule has 2 heterocycles. The van der Waals surface area contributed by atoms with Crippen LogP contribution in [-0.2, 0) is 13.6 Å². The topological polar surface area (TPSA) is 65.7 Å². The molecule has 4 aromatic rings. The highest BCUT2D eigenvalue weighted by molar-refractivity contribution is 7.99. The molecule has 0 saturated carbocycles. The third-order valence-corrected chi connectivity index (χ3v) is 7.72. The van der Waals surface area contributed by atoms with Gasteiger partial charge in [0.1, 0.15) is 10.3 Å². The average molecular weight is 454 g/mol. The molecule has 6 nitrogen and oxygen atoms in total. The zero-order chi connectivity index (χ0) is 21.8. The molecule has 31 heavy (non-hydrogen) atoms. The first-order valence-electron chi connectivity index (χ1n) is 10.1. The average Bonchev–Trinajstić information content (AvgIpc) is 3.19. The number of benzene rings is 2. The number of rotatable bonds is 8. The van der Waals surface area contributed by atoms with E-state index in [-0.39, 0.29) is 13.2 Å². The molecule has 0 amide bonds. The minimum atomic E-state index is -3.61. The van der Waals surface area contributed by atoms with Crippen LogP contribution in [0.1, 0.15) is 13.8 Å². The zero-order valence-electron chi connectivity index (χ0n) is 17.7. The van der Waals surface area contributed by atoms with E-state index in [1.165, 1.54) is 11.8 Å². The van der Waals surface area contributed by atoms with Crippen molar-refractivity contribution in [3.8, 4) is 22.5 Å². The highest BCUT2D eigenvalue weighted by atomic mass is 32.2. The predicted molar refractivity (Wildman–Crippen MR) is 126 cm³/mol. The third kappa shape index (κ3) is 4.19. The van der Waals surface area contributed by atoms with Crippen molar-refractivity contribution >= 4 is 30.3 Å². The second-order valence-corrected chi connectivity index (χ2v) is 9.44. The van der Waals surface area contributed by atoms with E-state index < -0.39 is 7.60 Å². The summed E-state index contributed by atoms with van der Waals surface area (Å²) >= 11 is 1.40. The van der Waals surface area contributed by atoms with Gasteiger partial charge in [-0.15, -0.1) is 11.8 Å². The van der Waals surface area contributed by atoms with Gasteiger partial charge in [0.25, 0.3) is 0 Å². The Balaban J connectivity index is 2.09. The van der Waals surface area contributed by atoms with Crippen molar-refractivity contribution in [3.63, 3.8) is 0 Å². The van der Waals surface area contributed by atoms with Gasteiger partial charge in [0, 0.05) is 11.1 Å². The lowest BCUT2D eigenvalue weighted by molar-refractivity contribution is 0.229. The van der Waals surface area contributed by atoms with E-state index in [9.17, 15) is 4.57 Å². The fraction of sp³-hybridized carbons (Fsp3) is 0.217. The van der Waals surface area contributed by atoms with Crippen LogP contribution in [0.25, 0.3) is 28.2 Å². The second kappa shape index (κ2) is 9.37. The van der Waals surface area contributed by atoms with Gasteiger partial charge in [0.15, 0.2) is 5.65 Å². The van der Waals surface area contributed by atoms with Crippen molar-refractivity contribution in [2.75, 3.05) is 19.5 Å². The lowest BCUT2D eigenvalue weighted by Gasteiger charge is -2.17. The van der Waals surface area contributed by atoms with Crippen molar-refractivity contribution < 1.29 is 13.6 Å². The number of hydrogen-bond donors (Lipinski definition) is 0. The zero-order valence-corrected chi connectivity index (χ0v) is 19.4. The molecule has 0 bridgehead atoms. The molecule has 0 N–H and O–H groups in total. The number of hydrogen-bond acceptors (Lipinski definition) is 6. The Bertz CT molecular complexity index is 1220. The van der Waals surface area contributed by atoms with E-state index in [0.717, 1.165) is 22.5 Å².